The number of hydrogen-bond donors (Lipinski definition) is 0. The molecule has 0 amide bonds. The van der Waals surface area contributed by atoms with Crippen LogP contribution in [-0.4, -0.2) is 0 Å². The molecule has 0 aliphatic heterocycles. The molecular formula is C82H80. The molecule has 13 aromatic carbocycles. The lowest BCUT2D eigenvalue weighted by Gasteiger charge is -2.09. The van der Waals surface area contributed by atoms with Crippen molar-refractivity contribution in [3.63, 3.8) is 0 Å². The minimum atomic E-state index is 1.28. The number of aryl methyl sites for hydroxylation is 10. The fraction of sp³-hybridized carbons (Fsp3) is 0.122. The first-order valence-corrected chi connectivity index (χ1v) is 28.6. The molecule has 0 aliphatic carbocycles. The molecule has 0 atom stereocenters. The highest BCUT2D eigenvalue weighted by atomic mass is 14.1. The molecule has 0 aromatic heterocycles. The van der Waals surface area contributed by atoms with Crippen LogP contribution in [0.5, 0.6) is 0 Å². The summed E-state index contributed by atoms with van der Waals surface area (Å²) >= 11 is 0. The molecule has 0 spiro atoms. The van der Waals surface area contributed by atoms with Crippen molar-refractivity contribution >= 4 is 32.3 Å². The lowest BCUT2D eigenvalue weighted by molar-refractivity contribution is 1.34. The van der Waals surface area contributed by atoms with Gasteiger partial charge >= 0.3 is 0 Å². The van der Waals surface area contributed by atoms with Gasteiger partial charge in [-0.1, -0.05) is 331 Å². The van der Waals surface area contributed by atoms with Crippen molar-refractivity contribution in [1.29, 1.82) is 0 Å². The van der Waals surface area contributed by atoms with Gasteiger partial charge in [0.2, 0.25) is 0 Å². The first-order valence-electron chi connectivity index (χ1n) is 28.6. The van der Waals surface area contributed by atoms with Crippen molar-refractivity contribution in [2.75, 3.05) is 0 Å². The van der Waals surface area contributed by atoms with Gasteiger partial charge in [-0.05, 0) is 163 Å². The summed E-state index contributed by atoms with van der Waals surface area (Å²) in [7, 11) is 0. The van der Waals surface area contributed by atoms with Gasteiger partial charge < -0.3 is 0 Å². The van der Waals surface area contributed by atoms with Crippen LogP contribution >= 0.6 is 0 Å². The molecular weight excluding hydrogens is 985 g/mol. The van der Waals surface area contributed by atoms with E-state index in [0.717, 1.165) is 0 Å². The number of hydrogen-bond acceptors (Lipinski definition) is 0. The van der Waals surface area contributed by atoms with Crippen LogP contribution in [-0.2, 0) is 0 Å². The smallest absolute Gasteiger partial charge is 0.0103 e. The molecule has 13 rings (SSSR count). The maximum Gasteiger partial charge on any atom is -0.0103 e. The minimum absolute atomic E-state index is 1.28. The molecule has 0 heteroatoms. The topological polar surface area (TPSA) is 0 Å². The second-order valence-electron chi connectivity index (χ2n) is 21.2. The summed E-state index contributed by atoms with van der Waals surface area (Å²) in [5.41, 5.74) is 21.1. The van der Waals surface area contributed by atoms with E-state index in [0.29, 0.717) is 0 Å². The Morgan fingerprint density at radius 3 is 0.988 bits per heavy atom. The van der Waals surface area contributed by atoms with Crippen molar-refractivity contribution < 1.29 is 0 Å². The standard InChI is InChI=1S/3C17H14.3C8H10.C7H8/c1-13-7-5-12-17-15(13)10-6-11-16(17)14-8-3-2-4-9-14;1-13-11-12-16(14-7-3-2-4-8-14)17-10-6-5-9-15(13)17;1-13-6-8-15(9-7-13)17-11-10-14-4-2-3-5-16(14)12-17;1-7-3-5-8(2)6-4-7;1-7-4-3-5-8(2)6-7;1-7-5-3-4-6-8(7)2;1-7-5-3-2-4-6-7/h3*2-12H,1H3;3*3-6H,1-2H3;2-6H,1H3. The second kappa shape index (κ2) is 31.4. The van der Waals surface area contributed by atoms with Crippen molar-refractivity contribution in [2.45, 2.75) is 69.2 Å². The van der Waals surface area contributed by atoms with Crippen LogP contribution in [0, 0.1) is 69.2 Å². The largest absolute Gasteiger partial charge is 0.0622 e. The van der Waals surface area contributed by atoms with Crippen LogP contribution in [0.25, 0.3) is 65.7 Å². The number of rotatable bonds is 3. The molecule has 0 bridgehead atoms. The Balaban J connectivity index is 0.000000142. The molecule has 82 heavy (non-hydrogen) atoms. The Kier molecular flexibility index (Phi) is 23.1. The average molecular weight is 1070 g/mol. The highest BCUT2D eigenvalue weighted by Crippen LogP contribution is 2.32. The van der Waals surface area contributed by atoms with Crippen LogP contribution < -0.4 is 0 Å². The van der Waals surface area contributed by atoms with Crippen molar-refractivity contribution in [3.8, 4) is 33.4 Å². The second-order valence-corrected chi connectivity index (χ2v) is 21.2. The molecule has 0 radical (unpaired) electrons. The van der Waals surface area contributed by atoms with Gasteiger partial charge in [0.1, 0.15) is 0 Å². The molecule has 0 N–H and O–H groups in total. The van der Waals surface area contributed by atoms with E-state index in [4.69, 9.17) is 0 Å². The van der Waals surface area contributed by atoms with Gasteiger partial charge in [0.15, 0.2) is 0 Å². The summed E-state index contributed by atoms with van der Waals surface area (Å²) in [5.74, 6) is 0. The maximum absolute atomic E-state index is 2.25. The molecule has 0 aliphatic rings. The Bertz CT molecular complexity index is 3850. The van der Waals surface area contributed by atoms with Gasteiger partial charge in [-0.2, -0.15) is 0 Å². The molecule has 408 valence electrons. The summed E-state index contributed by atoms with van der Waals surface area (Å²) in [6.07, 6.45) is 0. The fourth-order valence-corrected chi connectivity index (χ4v) is 9.41. The summed E-state index contributed by atoms with van der Waals surface area (Å²) in [4.78, 5) is 0. The summed E-state index contributed by atoms with van der Waals surface area (Å²) in [6.45, 7) is 21.2. The average Bonchev–Trinajstić information content (AvgIpc) is 3.65. The highest BCUT2D eigenvalue weighted by Gasteiger charge is 2.06. The van der Waals surface area contributed by atoms with Gasteiger partial charge in [-0.15, -0.1) is 0 Å². The zero-order valence-electron chi connectivity index (χ0n) is 49.9. The van der Waals surface area contributed by atoms with Gasteiger partial charge in [0, 0.05) is 0 Å². The quantitative estimate of drug-likeness (QED) is 0.165. The SMILES string of the molecule is Cc1ccc(-c2ccc3ccccc3c2)cc1.Cc1ccc(-c2ccccc2)c2ccccc12.Cc1ccc(C)cc1.Cc1cccc(C)c1.Cc1cccc2c(-c3ccccc3)cccc12.Cc1ccccc1.Cc1ccccc1C. The van der Waals surface area contributed by atoms with Crippen LogP contribution in [0.15, 0.2) is 303 Å². The maximum atomic E-state index is 2.25. The Morgan fingerprint density at radius 2 is 0.500 bits per heavy atom. The first-order chi connectivity index (χ1) is 39.8. The fourth-order valence-electron chi connectivity index (χ4n) is 9.41. The molecule has 13 aromatic rings. The van der Waals surface area contributed by atoms with E-state index >= 15 is 0 Å². The van der Waals surface area contributed by atoms with Gasteiger partial charge in [-0.3, -0.25) is 0 Å². The van der Waals surface area contributed by atoms with Gasteiger partial charge in [-0.25, -0.2) is 0 Å². The molecule has 0 fully saturated rings. The zero-order valence-corrected chi connectivity index (χ0v) is 49.9. The molecule has 0 unspecified atom stereocenters. The first kappa shape index (κ1) is 60.3. The van der Waals surface area contributed by atoms with Gasteiger partial charge in [0.25, 0.3) is 0 Å². The summed E-state index contributed by atoms with van der Waals surface area (Å²) < 4.78 is 0. The molecule has 0 nitrogen and oxygen atoms in total. The van der Waals surface area contributed by atoms with Crippen molar-refractivity contribution in [1.82, 2.24) is 0 Å². The van der Waals surface area contributed by atoms with E-state index in [1.807, 2.05) is 18.2 Å². The van der Waals surface area contributed by atoms with Crippen molar-refractivity contribution in [3.05, 3.63) is 359 Å². The Morgan fingerprint density at radius 1 is 0.159 bits per heavy atom. The van der Waals surface area contributed by atoms with Crippen LogP contribution in [0.2, 0.25) is 0 Å². The predicted octanol–water partition coefficient (Wildman–Crippen LogP) is 23.4. The zero-order chi connectivity index (χ0) is 58.1. The van der Waals surface area contributed by atoms with Crippen molar-refractivity contribution in [2.24, 2.45) is 0 Å². The number of benzene rings is 13. The van der Waals surface area contributed by atoms with E-state index in [1.54, 1.807) is 0 Å². The van der Waals surface area contributed by atoms with Crippen LogP contribution in [0.3, 0.4) is 0 Å². The Labute approximate surface area is 491 Å². The van der Waals surface area contributed by atoms with E-state index in [2.05, 4.69) is 354 Å². The van der Waals surface area contributed by atoms with E-state index < -0.39 is 0 Å². The third-order valence-electron chi connectivity index (χ3n) is 14.3. The molecule has 0 saturated heterocycles. The minimum Gasteiger partial charge on any atom is -0.0622 e. The van der Waals surface area contributed by atoms with E-state index in [1.165, 1.54) is 121 Å². The Hall–Kier alpha value is -9.36. The molecule has 0 saturated carbocycles. The normalized spacial score (nSPS) is 10.1. The number of fused-ring (bicyclic) bond motifs is 3. The summed E-state index contributed by atoms with van der Waals surface area (Å²) in [6, 6.07) is 106. The van der Waals surface area contributed by atoms with Crippen LogP contribution in [0.1, 0.15) is 55.6 Å². The third kappa shape index (κ3) is 18.6. The lowest BCUT2D eigenvalue weighted by atomic mass is 9.96. The monoisotopic (exact) mass is 1060 g/mol. The van der Waals surface area contributed by atoms with E-state index in [-0.39, 0.29) is 0 Å². The summed E-state index contributed by atoms with van der Waals surface area (Å²) in [5, 5.41) is 7.94. The van der Waals surface area contributed by atoms with Crippen LogP contribution in [0.4, 0.5) is 0 Å². The third-order valence-corrected chi connectivity index (χ3v) is 14.3. The highest BCUT2D eigenvalue weighted by molar-refractivity contribution is 5.99. The predicted molar refractivity (Wildman–Crippen MR) is 361 cm³/mol. The van der Waals surface area contributed by atoms with Gasteiger partial charge in [0.05, 0.1) is 0 Å². The lowest BCUT2D eigenvalue weighted by Crippen LogP contribution is -1.83. The molecule has 0 heterocycles. The van der Waals surface area contributed by atoms with E-state index in [9.17, 15) is 0 Å².